The Hall–Kier alpha value is -1.10. The van der Waals surface area contributed by atoms with Gasteiger partial charge in [-0.1, -0.05) is 30.3 Å². The Morgan fingerprint density at radius 1 is 1.18 bits per heavy atom. The molecule has 5 heteroatoms. The number of likely N-dealkylation sites (tertiary alicyclic amines) is 1. The highest BCUT2D eigenvalue weighted by molar-refractivity contribution is 5.85. The zero-order chi connectivity index (χ0) is 14.7. The van der Waals surface area contributed by atoms with E-state index in [1.54, 1.807) is 17.0 Å². The number of aliphatic hydroxyl groups excluding tert-OH is 1. The van der Waals surface area contributed by atoms with E-state index in [2.05, 4.69) is 5.32 Å². The first-order chi connectivity index (χ1) is 10.2. The molecule has 2 aliphatic rings. The average Bonchev–Trinajstić information content (AvgIpc) is 3.37. The van der Waals surface area contributed by atoms with Gasteiger partial charge in [0.05, 0.1) is 0 Å². The van der Waals surface area contributed by atoms with Crippen molar-refractivity contribution in [3.8, 4) is 0 Å². The Morgan fingerprint density at radius 3 is 2.41 bits per heavy atom. The van der Waals surface area contributed by atoms with Gasteiger partial charge in [-0.25, -0.2) is 0 Å². The number of rotatable bonds is 5. The Kier molecular flexibility index (Phi) is 6.24. The lowest BCUT2D eigenvalue weighted by molar-refractivity contribution is -0.141. The number of hydrogen-bond acceptors (Lipinski definition) is 3. The van der Waals surface area contributed by atoms with Crippen molar-refractivity contribution in [1.82, 2.24) is 10.2 Å². The first-order valence-electron chi connectivity index (χ1n) is 7.99. The van der Waals surface area contributed by atoms with Gasteiger partial charge in [-0.05, 0) is 43.7 Å². The van der Waals surface area contributed by atoms with Gasteiger partial charge in [-0.15, -0.1) is 12.4 Å². The maximum atomic E-state index is 12.3. The Bertz CT molecular complexity index is 471. The number of hydrogen-bond donors (Lipinski definition) is 2. The van der Waals surface area contributed by atoms with Crippen LogP contribution in [0.2, 0.25) is 0 Å². The molecule has 1 aliphatic carbocycles. The maximum Gasteiger partial charge on any atom is 0.256 e. The smallest absolute Gasteiger partial charge is 0.256 e. The highest BCUT2D eigenvalue weighted by atomic mass is 35.5. The fourth-order valence-corrected chi connectivity index (χ4v) is 2.91. The van der Waals surface area contributed by atoms with Crippen molar-refractivity contribution in [1.29, 1.82) is 0 Å². The molecule has 0 bridgehead atoms. The molecule has 1 aromatic carbocycles. The summed E-state index contributed by atoms with van der Waals surface area (Å²) in [6.07, 6.45) is 3.68. The van der Waals surface area contributed by atoms with E-state index in [0.717, 1.165) is 38.4 Å². The third kappa shape index (κ3) is 4.45. The summed E-state index contributed by atoms with van der Waals surface area (Å²) in [5, 5.41) is 13.8. The molecule has 1 saturated heterocycles. The van der Waals surface area contributed by atoms with E-state index < -0.39 is 6.10 Å². The number of amides is 1. The Morgan fingerprint density at radius 2 is 1.82 bits per heavy atom. The van der Waals surface area contributed by atoms with Crippen molar-refractivity contribution in [2.75, 3.05) is 19.6 Å². The van der Waals surface area contributed by atoms with E-state index in [-0.39, 0.29) is 18.3 Å². The predicted molar refractivity (Wildman–Crippen MR) is 89.0 cm³/mol. The minimum atomic E-state index is -1.03. The summed E-state index contributed by atoms with van der Waals surface area (Å²) in [5.41, 5.74) is 0.677. The molecule has 1 unspecified atom stereocenters. The number of nitrogens with zero attached hydrogens (tertiary/aromatic N) is 1. The average molecular weight is 325 g/mol. The summed E-state index contributed by atoms with van der Waals surface area (Å²) < 4.78 is 0. The maximum absolute atomic E-state index is 12.3. The lowest BCUT2D eigenvalue weighted by Gasteiger charge is -2.33. The summed E-state index contributed by atoms with van der Waals surface area (Å²) in [6, 6.07) is 9.71. The molecule has 2 fully saturated rings. The van der Waals surface area contributed by atoms with Gasteiger partial charge >= 0.3 is 0 Å². The van der Waals surface area contributed by atoms with Gasteiger partial charge in [0.2, 0.25) is 0 Å². The van der Waals surface area contributed by atoms with Crippen LogP contribution >= 0.6 is 12.4 Å². The zero-order valence-electron chi connectivity index (χ0n) is 12.8. The van der Waals surface area contributed by atoms with E-state index in [4.69, 9.17) is 0 Å². The third-order valence-corrected chi connectivity index (χ3v) is 4.55. The summed E-state index contributed by atoms with van der Waals surface area (Å²) in [5.74, 6) is 0.728. The molecule has 22 heavy (non-hydrogen) atoms. The molecule has 0 radical (unpaired) electrons. The highest BCUT2D eigenvalue weighted by Crippen LogP contribution is 2.28. The third-order valence-electron chi connectivity index (χ3n) is 4.55. The van der Waals surface area contributed by atoms with Gasteiger partial charge in [-0.2, -0.15) is 0 Å². The largest absolute Gasteiger partial charge is 0.378 e. The molecule has 0 aromatic heterocycles. The van der Waals surface area contributed by atoms with Crippen LogP contribution in [0.1, 0.15) is 37.4 Å². The molecule has 3 rings (SSSR count). The highest BCUT2D eigenvalue weighted by Gasteiger charge is 2.29. The van der Waals surface area contributed by atoms with Crippen LogP contribution in [0.25, 0.3) is 0 Å². The number of halogens is 1. The van der Waals surface area contributed by atoms with Crippen LogP contribution in [0.4, 0.5) is 0 Å². The van der Waals surface area contributed by atoms with Crippen LogP contribution in [-0.4, -0.2) is 41.6 Å². The first kappa shape index (κ1) is 17.3. The first-order valence-corrected chi connectivity index (χ1v) is 7.99. The van der Waals surface area contributed by atoms with Crippen LogP contribution < -0.4 is 5.32 Å². The van der Waals surface area contributed by atoms with Crippen LogP contribution in [-0.2, 0) is 4.79 Å². The monoisotopic (exact) mass is 324 g/mol. The number of piperidine rings is 1. The lowest BCUT2D eigenvalue weighted by Crippen LogP contribution is -2.46. The molecule has 1 saturated carbocycles. The predicted octanol–water partition coefficient (Wildman–Crippen LogP) is 2.13. The van der Waals surface area contributed by atoms with Crippen molar-refractivity contribution in [2.24, 2.45) is 5.92 Å². The molecule has 4 nitrogen and oxygen atoms in total. The van der Waals surface area contributed by atoms with Crippen LogP contribution in [0.15, 0.2) is 30.3 Å². The molecule has 0 spiro atoms. The summed E-state index contributed by atoms with van der Waals surface area (Å²) in [7, 11) is 0. The van der Waals surface area contributed by atoms with E-state index in [1.807, 2.05) is 18.2 Å². The van der Waals surface area contributed by atoms with Crippen molar-refractivity contribution in [2.45, 2.75) is 37.8 Å². The van der Waals surface area contributed by atoms with Crippen molar-refractivity contribution >= 4 is 18.3 Å². The van der Waals surface area contributed by atoms with E-state index in [9.17, 15) is 9.90 Å². The molecule has 1 atom stereocenters. The van der Waals surface area contributed by atoms with Crippen molar-refractivity contribution in [3.63, 3.8) is 0 Å². The van der Waals surface area contributed by atoms with Gasteiger partial charge in [0, 0.05) is 19.1 Å². The molecule has 1 heterocycles. The topological polar surface area (TPSA) is 52.6 Å². The summed E-state index contributed by atoms with van der Waals surface area (Å²) in [4.78, 5) is 14.1. The fourth-order valence-electron chi connectivity index (χ4n) is 2.91. The molecule has 1 aromatic rings. The normalized spacial score (nSPS) is 20.3. The van der Waals surface area contributed by atoms with Crippen LogP contribution in [0.3, 0.4) is 0 Å². The Labute approximate surface area is 138 Å². The van der Waals surface area contributed by atoms with Gasteiger partial charge < -0.3 is 15.3 Å². The van der Waals surface area contributed by atoms with Gasteiger partial charge in [0.15, 0.2) is 6.10 Å². The summed E-state index contributed by atoms with van der Waals surface area (Å²) >= 11 is 0. The molecular weight excluding hydrogens is 300 g/mol. The second-order valence-corrected chi connectivity index (χ2v) is 6.26. The summed E-state index contributed by atoms with van der Waals surface area (Å²) in [6.45, 7) is 2.61. The number of benzene rings is 1. The second-order valence-electron chi connectivity index (χ2n) is 6.26. The number of aliphatic hydroxyl groups is 1. The zero-order valence-corrected chi connectivity index (χ0v) is 13.6. The molecule has 1 amide bonds. The number of carbonyl (C=O) groups is 1. The molecule has 1 aliphatic heterocycles. The fraction of sp³-hybridized carbons (Fsp3) is 0.588. The number of carbonyl (C=O) groups excluding carboxylic acids is 1. The molecular formula is C17H25ClN2O2. The van der Waals surface area contributed by atoms with Gasteiger partial charge in [0.25, 0.3) is 5.91 Å². The van der Waals surface area contributed by atoms with Crippen molar-refractivity contribution < 1.29 is 9.90 Å². The molecule has 122 valence electrons. The van der Waals surface area contributed by atoms with E-state index in [1.165, 1.54) is 12.8 Å². The van der Waals surface area contributed by atoms with Crippen molar-refractivity contribution in [3.05, 3.63) is 35.9 Å². The van der Waals surface area contributed by atoms with E-state index in [0.29, 0.717) is 11.6 Å². The Balaban J connectivity index is 0.00000176. The quantitative estimate of drug-likeness (QED) is 0.872. The lowest BCUT2D eigenvalue weighted by atomic mass is 10.0. The SMILES string of the molecule is Cl.O=C(C(O)c1ccccc1)N1CCC(NCC2CC2)CC1. The minimum absolute atomic E-state index is 0. The van der Waals surface area contributed by atoms with Crippen LogP contribution in [0.5, 0.6) is 0 Å². The molecule has 2 N–H and O–H groups in total. The van der Waals surface area contributed by atoms with Gasteiger partial charge in [0.1, 0.15) is 0 Å². The minimum Gasteiger partial charge on any atom is -0.378 e. The number of nitrogens with one attached hydrogen (secondary N) is 1. The van der Waals surface area contributed by atoms with Crippen LogP contribution in [0, 0.1) is 5.92 Å². The van der Waals surface area contributed by atoms with Gasteiger partial charge in [-0.3, -0.25) is 4.79 Å². The standard InChI is InChI=1S/C17H24N2O2.ClH/c20-16(14-4-2-1-3-5-14)17(21)19-10-8-15(9-11-19)18-12-13-6-7-13;/h1-5,13,15-16,18,20H,6-12H2;1H. The van der Waals surface area contributed by atoms with E-state index >= 15 is 0 Å². The second kappa shape index (κ2) is 7.95.